The fraction of sp³-hybridized carbons (Fsp3) is 0.417. The summed E-state index contributed by atoms with van der Waals surface area (Å²) in [7, 11) is 0. The molecule has 0 aliphatic carbocycles. The Bertz CT molecular complexity index is 339. The van der Waals surface area contributed by atoms with Gasteiger partial charge in [-0.2, -0.15) is 0 Å². The predicted molar refractivity (Wildman–Crippen MR) is 70.4 cm³/mol. The molecule has 1 aromatic carbocycles. The summed E-state index contributed by atoms with van der Waals surface area (Å²) < 4.78 is 0. The summed E-state index contributed by atoms with van der Waals surface area (Å²) in [6.45, 7) is 2.62. The molecular formula is C12H16ClNOS. The van der Waals surface area contributed by atoms with Crippen molar-refractivity contribution >= 4 is 29.3 Å². The van der Waals surface area contributed by atoms with E-state index in [-0.39, 0.29) is 5.91 Å². The highest BCUT2D eigenvalue weighted by molar-refractivity contribution is 7.98. The van der Waals surface area contributed by atoms with Crippen LogP contribution in [0.25, 0.3) is 0 Å². The van der Waals surface area contributed by atoms with Crippen LogP contribution in [0.15, 0.2) is 29.2 Å². The van der Waals surface area contributed by atoms with E-state index in [0.717, 1.165) is 4.90 Å². The Morgan fingerprint density at radius 1 is 1.44 bits per heavy atom. The van der Waals surface area contributed by atoms with Gasteiger partial charge >= 0.3 is 0 Å². The van der Waals surface area contributed by atoms with Gasteiger partial charge in [0.25, 0.3) is 5.91 Å². The fourth-order valence-electron chi connectivity index (χ4n) is 1.17. The maximum absolute atomic E-state index is 11.7. The Morgan fingerprint density at radius 2 is 2.06 bits per heavy atom. The summed E-state index contributed by atoms with van der Waals surface area (Å²) in [5, 5.41) is 2.86. The van der Waals surface area contributed by atoms with Crippen molar-refractivity contribution in [2.24, 2.45) is 5.92 Å². The Kier molecular flexibility index (Phi) is 5.71. The van der Waals surface area contributed by atoms with Crippen molar-refractivity contribution in [3.63, 3.8) is 0 Å². The first-order valence-electron chi connectivity index (χ1n) is 5.15. The molecule has 0 saturated carbocycles. The number of halogens is 1. The van der Waals surface area contributed by atoms with E-state index in [4.69, 9.17) is 11.6 Å². The molecule has 0 spiro atoms. The molecule has 0 aliphatic rings. The molecular weight excluding hydrogens is 242 g/mol. The van der Waals surface area contributed by atoms with Crippen molar-refractivity contribution in [3.8, 4) is 0 Å². The summed E-state index contributed by atoms with van der Waals surface area (Å²) in [5.41, 5.74) is 0.694. The highest BCUT2D eigenvalue weighted by atomic mass is 35.5. The summed E-state index contributed by atoms with van der Waals surface area (Å²) in [4.78, 5) is 12.9. The minimum atomic E-state index is -0.0374. The van der Waals surface area contributed by atoms with Crippen LogP contribution in [-0.4, -0.2) is 24.6 Å². The predicted octanol–water partition coefficient (Wildman–Crippen LogP) is 3.01. The number of rotatable bonds is 5. The third-order valence-corrected chi connectivity index (χ3v) is 3.50. The van der Waals surface area contributed by atoms with Crippen molar-refractivity contribution in [1.29, 1.82) is 0 Å². The standard InChI is InChI=1S/C12H16ClNOS/c1-9(7-13)8-14-12(15)10-3-5-11(16-2)6-4-10/h3-6,9H,7-8H2,1-2H3,(H,14,15). The van der Waals surface area contributed by atoms with Crippen LogP contribution in [0.3, 0.4) is 0 Å². The number of benzene rings is 1. The third kappa shape index (κ3) is 4.06. The molecule has 1 atom stereocenters. The number of hydrogen-bond donors (Lipinski definition) is 1. The van der Waals surface area contributed by atoms with Gasteiger partial charge in [-0.25, -0.2) is 0 Å². The van der Waals surface area contributed by atoms with E-state index in [1.807, 2.05) is 37.4 Å². The maximum atomic E-state index is 11.7. The van der Waals surface area contributed by atoms with Crippen molar-refractivity contribution < 1.29 is 4.79 Å². The average Bonchev–Trinajstić information content (AvgIpc) is 2.35. The first-order chi connectivity index (χ1) is 7.67. The van der Waals surface area contributed by atoms with Gasteiger partial charge in [0.1, 0.15) is 0 Å². The lowest BCUT2D eigenvalue weighted by Gasteiger charge is -2.09. The van der Waals surface area contributed by atoms with Gasteiger partial charge in [0.2, 0.25) is 0 Å². The number of alkyl halides is 1. The molecule has 0 aliphatic heterocycles. The zero-order valence-corrected chi connectivity index (χ0v) is 11.1. The van der Waals surface area contributed by atoms with Gasteiger partial charge in [0.05, 0.1) is 0 Å². The van der Waals surface area contributed by atoms with E-state index in [0.29, 0.717) is 23.9 Å². The van der Waals surface area contributed by atoms with Crippen molar-refractivity contribution in [1.82, 2.24) is 5.32 Å². The zero-order valence-electron chi connectivity index (χ0n) is 9.50. The molecule has 1 rings (SSSR count). The van der Waals surface area contributed by atoms with E-state index in [9.17, 15) is 4.79 Å². The lowest BCUT2D eigenvalue weighted by atomic mass is 10.2. The van der Waals surface area contributed by atoms with E-state index in [1.54, 1.807) is 11.8 Å². The summed E-state index contributed by atoms with van der Waals surface area (Å²) in [6, 6.07) is 7.58. The molecule has 0 fully saturated rings. The monoisotopic (exact) mass is 257 g/mol. The zero-order chi connectivity index (χ0) is 12.0. The quantitative estimate of drug-likeness (QED) is 0.649. The van der Waals surface area contributed by atoms with Gasteiger partial charge in [-0.15, -0.1) is 23.4 Å². The second-order valence-electron chi connectivity index (χ2n) is 3.70. The Labute approximate surface area is 106 Å². The molecule has 4 heteroatoms. The molecule has 1 amide bonds. The second-order valence-corrected chi connectivity index (χ2v) is 4.89. The SMILES string of the molecule is CSc1ccc(C(=O)NCC(C)CCl)cc1. The largest absolute Gasteiger partial charge is 0.352 e. The van der Waals surface area contributed by atoms with E-state index >= 15 is 0 Å². The van der Waals surface area contributed by atoms with E-state index < -0.39 is 0 Å². The molecule has 1 aromatic rings. The number of hydrogen-bond acceptors (Lipinski definition) is 2. The first-order valence-corrected chi connectivity index (χ1v) is 6.91. The smallest absolute Gasteiger partial charge is 0.251 e. The normalized spacial score (nSPS) is 12.2. The van der Waals surface area contributed by atoms with Crippen molar-refractivity contribution in [2.75, 3.05) is 18.7 Å². The van der Waals surface area contributed by atoms with E-state index in [1.165, 1.54) is 0 Å². The summed E-state index contributed by atoms with van der Waals surface area (Å²) in [5.74, 6) is 0.826. The topological polar surface area (TPSA) is 29.1 Å². The molecule has 2 nitrogen and oxygen atoms in total. The van der Waals surface area contributed by atoms with Crippen LogP contribution in [0, 0.1) is 5.92 Å². The third-order valence-electron chi connectivity index (χ3n) is 2.23. The molecule has 0 saturated heterocycles. The van der Waals surface area contributed by atoms with Crippen molar-refractivity contribution in [2.45, 2.75) is 11.8 Å². The Hall–Kier alpha value is -0.670. The van der Waals surface area contributed by atoms with Gasteiger partial charge < -0.3 is 5.32 Å². The van der Waals surface area contributed by atoms with Gasteiger partial charge in [-0.1, -0.05) is 6.92 Å². The Balaban J connectivity index is 2.52. The van der Waals surface area contributed by atoms with Crippen LogP contribution in [0.4, 0.5) is 0 Å². The number of amides is 1. The number of carbonyl (C=O) groups excluding carboxylic acids is 1. The molecule has 0 heterocycles. The molecule has 0 radical (unpaired) electrons. The highest BCUT2D eigenvalue weighted by Crippen LogP contribution is 2.14. The lowest BCUT2D eigenvalue weighted by molar-refractivity contribution is 0.0949. The van der Waals surface area contributed by atoms with Crippen LogP contribution < -0.4 is 5.32 Å². The Morgan fingerprint density at radius 3 is 2.56 bits per heavy atom. The molecule has 88 valence electrons. The van der Waals surface area contributed by atoms with Gasteiger partial charge in [0.15, 0.2) is 0 Å². The number of thioether (sulfide) groups is 1. The number of nitrogens with one attached hydrogen (secondary N) is 1. The molecule has 0 bridgehead atoms. The summed E-state index contributed by atoms with van der Waals surface area (Å²) >= 11 is 7.33. The average molecular weight is 258 g/mol. The van der Waals surface area contributed by atoms with Crippen LogP contribution in [-0.2, 0) is 0 Å². The lowest BCUT2D eigenvalue weighted by Crippen LogP contribution is -2.28. The fourth-order valence-corrected chi connectivity index (χ4v) is 1.68. The molecule has 0 aromatic heterocycles. The summed E-state index contributed by atoms with van der Waals surface area (Å²) in [6.07, 6.45) is 2.01. The maximum Gasteiger partial charge on any atom is 0.251 e. The van der Waals surface area contributed by atoms with Crippen molar-refractivity contribution in [3.05, 3.63) is 29.8 Å². The van der Waals surface area contributed by atoms with Crippen LogP contribution in [0.5, 0.6) is 0 Å². The second kappa shape index (κ2) is 6.81. The first kappa shape index (κ1) is 13.4. The van der Waals surface area contributed by atoms with Crippen LogP contribution in [0.2, 0.25) is 0 Å². The molecule has 1 unspecified atom stereocenters. The van der Waals surface area contributed by atoms with E-state index in [2.05, 4.69) is 5.32 Å². The van der Waals surface area contributed by atoms with Gasteiger partial charge in [-0.3, -0.25) is 4.79 Å². The molecule has 16 heavy (non-hydrogen) atoms. The van der Waals surface area contributed by atoms with Gasteiger partial charge in [0, 0.05) is 22.9 Å². The van der Waals surface area contributed by atoms with Crippen LogP contribution >= 0.6 is 23.4 Å². The van der Waals surface area contributed by atoms with Gasteiger partial charge in [-0.05, 0) is 36.4 Å². The highest BCUT2D eigenvalue weighted by Gasteiger charge is 2.06. The number of carbonyl (C=O) groups is 1. The minimum absolute atomic E-state index is 0.0374. The minimum Gasteiger partial charge on any atom is -0.352 e. The van der Waals surface area contributed by atoms with Crippen LogP contribution in [0.1, 0.15) is 17.3 Å². The molecule has 1 N–H and O–H groups in total.